The predicted molar refractivity (Wildman–Crippen MR) is 105 cm³/mol. The van der Waals surface area contributed by atoms with Gasteiger partial charge in [0.1, 0.15) is 5.82 Å². The van der Waals surface area contributed by atoms with Gasteiger partial charge in [0.2, 0.25) is 0 Å². The van der Waals surface area contributed by atoms with Crippen molar-refractivity contribution in [3.05, 3.63) is 71.5 Å². The minimum Gasteiger partial charge on any atom is -0.399 e. The van der Waals surface area contributed by atoms with Gasteiger partial charge in [0.25, 0.3) is 0 Å². The fourth-order valence-electron chi connectivity index (χ4n) is 2.67. The molecule has 0 atom stereocenters. The number of nitrogens with two attached hydrogens (primary N) is 1. The second kappa shape index (κ2) is 8.72. The van der Waals surface area contributed by atoms with Crippen LogP contribution in [0, 0.1) is 0 Å². The van der Waals surface area contributed by atoms with Gasteiger partial charge in [0.05, 0.1) is 6.54 Å². The van der Waals surface area contributed by atoms with Gasteiger partial charge in [-0.05, 0) is 36.1 Å². The molecule has 1 aromatic heterocycles. The van der Waals surface area contributed by atoms with E-state index in [4.69, 9.17) is 5.73 Å². The van der Waals surface area contributed by atoms with Crippen LogP contribution in [0.3, 0.4) is 0 Å². The molecule has 3 rings (SSSR count). The quantitative estimate of drug-likeness (QED) is 0.488. The van der Waals surface area contributed by atoms with Crippen molar-refractivity contribution >= 4 is 17.4 Å². The molecule has 4 nitrogen and oxygen atoms in total. The lowest BCUT2D eigenvalue weighted by molar-refractivity contribution is 0.660. The van der Waals surface area contributed by atoms with Crippen molar-refractivity contribution in [2.24, 2.45) is 0 Å². The van der Waals surface area contributed by atoms with E-state index in [1.54, 1.807) is 11.8 Å². The number of hydrogen-bond acceptors (Lipinski definition) is 4. The Labute approximate surface area is 153 Å². The predicted octanol–water partition coefficient (Wildman–Crippen LogP) is 4.20. The minimum absolute atomic E-state index is 0.781. The lowest BCUT2D eigenvalue weighted by Crippen LogP contribution is -2.08. The van der Waals surface area contributed by atoms with E-state index in [2.05, 4.69) is 58.1 Å². The van der Waals surface area contributed by atoms with Gasteiger partial charge in [-0.2, -0.15) is 0 Å². The van der Waals surface area contributed by atoms with Crippen LogP contribution in [0.5, 0.6) is 0 Å². The first-order valence-electron chi connectivity index (χ1n) is 8.69. The number of nitrogen functional groups attached to an aromatic ring is 1. The highest BCUT2D eigenvalue weighted by molar-refractivity contribution is 7.99. The van der Waals surface area contributed by atoms with E-state index in [0.717, 1.165) is 48.2 Å². The maximum atomic E-state index is 5.80. The van der Waals surface area contributed by atoms with Crippen molar-refractivity contribution in [2.75, 3.05) is 11.5 Å². The third-order valence-electron chi connectivity index (χ3n) is 4.03. The molecule has 0 aliphatic heterocycles. The van der Waals surface area contributed by atoms with E-state index >= 15 is 0 Å². The number of rotatable bonds is 8. The van der Waals surface area contributed by atoms with Crippen LogP contribution in [-0.4, -0.2) is 20.5 Å². The highest BCUT2D eigenvalue weighted by Crippen LogP contribution is 2.21. The monoisotopic (exact) mass is 352 g/mol. The minimum atomic E-state index is 0.781. The SMILES string of the molecule is CCCSc1nnc(CCc2ccccc2)n1Cc1ccc(N)cc1. The molecule has 0 bridgehead atoms. The highest BCUT2D eigenvalue weighted by atomic mass is 32.2. The van der Waals surface area contributed by atoms with Crippen molar-refractivity contribution in [2.45, 2.75) is 37.9 Å². The summed E-state index contributed by atoms with van der Waals surface area (Å²) in [5, 5.41) is 9.90. The molecule has 0 aliphatic carbocycles. The molecule has 0 spiro atoms. The van der Waals surface area contributed by atoms with Gasteiger partial charge in [-0.25, -0.2) is 0 Å². The van der Waals surface area contributed by atoms with Crippen molar-refractivity contribution in [3.63, 3.8) is 0 Å². The summed E-state index contributed by atoms with van der Waals surface area (Å²) in [7, 11) is 0. The molecule has 0 radical (unpaired) electrons. The zero-order valence-electron chi connectivity index (χ0n) is 14.6. The summed E-state index contributed by atoms with van der Waals surface area (Å²) in [6.45, 7) is 2.97. The molecular formula is C20H24N4S. The van der Waals surface area contributed by atoms with Crippen molar-refractivity contribution in [1.29, 1.82) is 0 Å². The van der Waals surface area contributed by atoms with Gasteiger partial charge in [-0.15, -0.1) is 10.2 Å². The van der Waals surface area contributed by atoms with E-state index in [1.807, 2.05) is 18.2 Å². The van der Waals surface area contributed by atoms with Crippen LogP contribution in [0.1, 0.15) is 30.3 Å². The first kappa shape index (κ1) is 17.5. The first-order valence-corrected chi connectivity index (χ1v) is 9.68. The van der Waals surface area contributed by atoms with Crippen LogP contribution in [0.15, 0.2) is 59.8 Å². The van der Waals surface area contributed by atoms with E-state index in [9.17, 15) is 0 Å². The number of anilines is 1. The standard InChI is InChI=1S/C20H24N4S/c1-2-14-25-20-23-22-19(13-10-16-6-4-3-5-7-16)24(20)15-17-8-11-18(21)12-9-17/h3-9,11-12H,2,10,13-15,21H2,1H3. The van der Waals surface area contributed by atoms with E-state index in [0.29, 0.717) is 0 Å². The molecule has 2 aromatic carbocycles. The van der Waals surface area contributed by atoms with Crippen LogP contribution in [0.4, 0.5) is 5.69 Å². The number of benzene rings is 2. The molecule has 5 heteroatoms. The normalized spacial score (nSPS) is 10.9. The van der Waals surface area contributed by atoms with Gasteiger partial charge in [-0.3, -0.25) is 0 Å². The lowest BCUT2D eigenvalue weighted by atomic mass is 10.1. The van der Waals surface area contributed by atoms with Gasteiger partial charge in [0.15, 0.2) is 5.16 Å². The van der Waals surface area contributed by atoms with Gasteiger partial charge in [-0.1, -0.05) is 61.2 Å². The lowest BCUT2D eigenvalue weighted by Gasteiger charge is -2.10. The van der Waals surface area contributed by atoms with Gasteiger partial charge >= 0.3 is 0 Å². The number of nitrogens with zero attached hydrogens (tertiary/aromatic N) is 3. The fourth-order valence-corrected chi connectivity index (χ4v) is 3.48. The summed E-state index contributed by atoms with van der Waals surface area (Å²) in [5.41, 5.74) is 9.13. The molecule has 25 heavy (non-hydrogen) atoms. The molecule has 0 saturated carbocycles. The van der Waals surface area contributed by atoms with E-state index in [-0.39, 0.29) is 0 Å². The van der Waals surface area contributed by atoms with Crippen molar-refractivity contribution < 1.29 is 0 Å². The summed E-state index contributed by atoms with van der Waals surface area (Å²) >= 11 is 1.78. The Morgan fingerprint density at radius 2 is 1.68 bits per heavy atom. The number of thioether (sulfide) groups is 1. The second-order valence-electron chi connectivity index (χ2n) is 6.06. The van der Waals surface area contributed by atoms with Crippen LogP contribution < -0.4 is 5.73 Å². The zero-order valence-corrected chi connectivity index (χ0v) is 15.4. The van der Waals surface area contributed by atoms with Crippen molar-refractivity contribution in [1.82, 2.24) is 14.8 Å². The molecule has 0 amide bonds. The Morgan fingerprint density at radius 1 is 0.920 bits per heavy atom. The maximum absolute atomic E-state index is 5.80. The number of aromatic nitrogens is 3. The number of hydrogen-bond donors (Lipinski definition) is 1. The van der Waals surface area contributed by atoms with E-state index in [1.165, 1.54) is 11.1 Å². The van der Waals surface area contributed by atoms with Gasteiger partial charge < -0.3 is 10.3 Å². The first-order chi connectivity index (χ1) is 12.3. The Kier molecular flexibility index (Phi) is 6.12. The molecule has 130 valence electrons. The van der Waals surface area contributed by atoms with Crippen LogP contribution >= 0.6 is 11.8 Å². The Balaban J connectivity index is 1.79. The van der Waals surface area contributed by atoms with E-state index < -0.39 is 0 Å². The Hall–Kier alpha value is -2.27. The summed E-state index contributed by atoms with van der Waals surface area (Å²) in [5.74, 6) is 2.10. The molecule has 2 N–H and O–H groups in total. The third kappa shape index (κ3) is 4.86. The highest BCUT2D eigenvalue weighted by Gasteiger charge is 2.13. The van der Waals surface area contributed by atoms with Crippen molar-refractivity contribution in [3.8, 4) is 0 Å². The topological polar surface area (TPSA) is 56.7 Å². The second-order valence-corrected chi connectivity index (χ2v) is 7.12. The molecule has 0 saturated heterocycles. The molecule has 0 fully saturated rings. The summed E-state index contributed by atoms with van der Waals surface area (Å²) < 4.78 is 2.24. The fraction of sp³-hybridized carbons (Fsp3) is 0.300. The average Bonchev–Trinajstić information content (AvgIpc) is 3.02. The Morgan fingerprint density at radius 3 is 2.40 bits per heavy atom. The van der Waals surface area contributed by atoms with Crippen LogP contribution in [0.2, 0.25) is 0 Å². The summed E-state index contributed by atoms with van der Waals surface area (Å²) in [6.07, 6.45) is 2.98. The number of aryl methyl sites for hydroxylation is 2. The molecule has 0 unspecified atom stereocenters. The smallest absolute Gasteiger partial charge is 0.191 e. The third-order valence-corrected chi connectivity index (χ3v) is 5.20. The van der Waals surface area contributed by atoms with Gasteiger partial charge in [0, 0.05) is 17.9 Å². The average molecular weight is 353 g/mol. The molecule has 1 heterocycles. The van der Waals surface area contributed by atoms with Crippen LogP contribution in [0.25, 0.3) is 0 Å². The van der Waals surface area contributed by atoms with Crippen LogP contribution in [-0.2, 0) is 19.4 Å². The molecule has 0 aliphatic rings. The summed E-state index contributed by atoms with van der Waals surface area (Å²) in [4.78, 5) is 0. The molecule has 3 aromatic rings. The molecular weight excluding hydrogens is 328 g/mol. The largest absolute Gasteiger partial charge is 0.399 e. The maximum Gasteiger partial charge on any atom is 0.191 e. The Bertz CT molecular complexity index is 781. The zero-order chi connectivity index (χ0) is 17.5. The summed E-state index contributed by atoms with van der Waals surface area (Å²) in [6, 6.07) is 18.6.